The van der Waals surface area contributed by atoms with Crippen LogP contribution in [0.5, 0.6) is 0 Å². The number of carboxylic acids is 1. The molecule has 1 aromatic rings. The van der Waals surface area contributed by atoms with Gasteiger partial charge >= 0.3 is 5.97 Å². The minimum absolute atomic E-state index is 0.0426. The quantitative estimate of drug-likeness (QED) is 0.483. The zero-order valence-corrected chi connectivity index (χ0v) is 15.3. The third kappa shape index (κ3) is 5.54. The Labute approximate surface area is 162 Å². The lowest BCUT2D eigenvalue weighted by molar-refractivity contribution is -0.144. The first-order valence-corrected chi connectivity index (χ1v) is 8.85. The van der Waals surface area contributed by atoms with Gasteiger partial charge < -0.3 is 21.1 Å². The molecule has 1 aromatic carbocycles. The minimum Gasteiger partial charge on any atom is -0.480 e. The highest BCUT2D eigenvalue weighted by molar-refractivity contribution is 5.99. The smallest absolute Gasteiger partial charge is 0.326 e. The second kappa shape index (κ2) is 9.50. The molecule has 2 rings (SSSR count). The molecule has 1 fully saturated rings. The Morgan fingerprint density at radius 3 is 2.39 bits per heavy atom. The van der Waals surface area contributed by atoms with E-state index in [0.29, 0.717) is 6.42 Å². The lowest BCUT2D eigenvalue weighted by Crippen LogP contribution is -2.63. The van der Waals surface area contributed by atoms with Gasteiger partial charge in [0.1, 0.15) is 18.1 Å². The molecule has 0 aliphatic carbocycles. The number of benzene rings is 1. The molecule has 28 heavy (non-hydrogen) atoms. The highest BCUT2D eigenvalue weighted by atomic mass is 16.4. The maximum atomic E-state index is 12.3. The van der Waals surface area contributed by atoms with E-state index in [1.165, 1.54) is 6.92 Å². The number of nitriles is 1. The summed E-state index contributed by atoms with van der Waals surface area (Å²) in [4.78, 5) is 48.0. The molecule has 1 saturated heterocycles. The molecule has 1 aliphatic heterocycles. The Bertz CT molecular complexity index is 789. The number of rotatable bonds is 8. The molecule has 0 unspecified atom stereocenters. The number of carboxylic acid groups (broad SMARTS) is 1. The van der Waals surface area contributed by atoms with Crippen LogP contribution in [0, 0.1) is 17.2 Å². The Balaban J connectivity index is 1.93. The van der Waals surface area contributed by atoms with Crippen LogP contribution < -0.4 is 16.0 Å². The first-order chi connectivity index (χ1) is 13.3. The largest absolute Gasteiger partial charge is 0.480 e. The topological polar surface area (TPSA) is 148 Å². The Morgan fingerprint density at radius 1 is 1.18 bits per heavy atom. The summed E-state index contributed by atoms with van der Waals surface area (Å²) >= 11 is 0. The zero-order valence-electron chi connectivity index (χ0n) is 15.3. The maximum absolute atomic E-state index is 12.3. The van der Waals surface area contributed by atoms with Gasteiger partial charge in [0, 0.05) is 18.8 Å². The first-order valence-electron chi connectivity index (χ1n) is 8.85. The first kappa shape index (κ1) is 20.9. The van der Waals surface area contributed by atoms with E-state index < -0.39 is 54.2 Å². The SMILES string of the molecule is C[C@@H](CC#N)[C@H](NC(=O)C[C@@H]1NC(=O)[C@H](Cc2ccccc2)NC1=O)C(=O)O. The van der Waals surface area contributed by atoms with Crippen LogP contribution in [-0.2, 0) is 25.6 Å². The molecule has 9 nitrogen and oxygen atoms in total. The van der Waals surface area contributed by atoms with Crippen LogP contribution in [0.2, 0.25) is 0 Å². The average Bonchev–Trinajstić information content (AvgIpc) is 2.64. The number of amides is 3. The van der Waals surface area contributed by atoms with Crippen LogP contribution in [0.1, 0.15) is 25.3 Å². The van der Waals surface area contributed by atoms with Crippen LogP contribution in [0.15, 0.2) is 30.3 Å². The number of piperazine rings is 1. The van der Waals surface area contributed by atoms with Gasteiger partial charge in [-0.05, 0) is 5.56 Å². The predicted molar refractivity (Wildman–Crippen MR) is 97.6 cm³/mol. The molecule has 4 atom stereocenters. The number of nitrogens with zero attached hydrogens (tertiary/aromatic N) is 1. The monoisotopic (exact) mass is 386 g/mol. The number of aliphatic carboxylic acids is 1. The fraction of sp³-hybridized carbons (Fsp3) is 0.421. The van der Waals surface area contributed by atoms with Crippen molar-refractivity contribution in [3.63, 3.8) is 0 Å². The average molecular weight is 386 g/mol. The van der Waals surface area contributed by atoms with Gasteiger partial charge in [-0.3, -0.25) is 14.4 Å². The molecule has 148 valence electrons. The lowest BCUT2D eigenvalue weighted by Gasteiger charge is -2.30. The second-order valence-corrected chi connectivity index (χ2v) is 6.74. The van der Waals surface area contributed by atoms with Gasteiger partial charge in [-0.1, -0.05) is 37.3 Å². The van der Waals surface area contributed by atoms with Crippen molar-refractivity contribution < 1.29 is 24.3 Å². The van der Waals surface area contributed by atoms with Crippen molar-refractivity contribution in [2.75, 3.05) is 0 Å². The second-order valence-electron chi connectivity index (χ2n) is 6.74. The van der Waals surface area contributed by atoms with Gasteiger partial charge in [0.05, 0.1) is 12.5 Å². The summed E-state index contributed by atoms with van der Waals surface area (Å²) in [6.07, 6.45) is -0.109. The molecule has 0 bridgehead atoms. The van der Waals surface area contributed by atoms with Gasteiger partial charge in [0.2, 0.25) is 17.7 Å². The number of carbonyl (C=O) groups excluding carboxylic acids is 3. The van der Waals surface area contributed by atoms with Gasteiger partial charge in [0.15, 0.2) is 0 Å². The van der Waals surface area contributed by atoms with Crippen LogP contribution in [0.3, 0.4) is 0 Å². The van der Waals surface area contributed by atoms with E-state index in [-0.39, 0.29) is 6.42 Å². The molecular formula is C19H22N4O5. The summed E-state index contributed by atoms with van der Waals surface area (Å²) in [6, 6.07) is 7.98. The molecule has 0 aromatic heterocycles. The van der Waals surface area contributed by atoms with Crippen molar-refractivity contribution in [1.82, 2.24) is 16.0 Å². The van der Waals surface area contributed by atoms with E-state index >= 15 is 0 Å². The standard InChI is InChI=1S/C19H22N4O5/c1-11(7-8-20)16(19(27)28)23-15(24)10-14-18(26)21-13(17(25)22-14)9-12-5-3-2-4-6-12/h2-6,11,13-14,16H,7,9-10H2,1H3,(H,21,26)(H,22,25)(H,23,24)(H,27,28)/t11-,13-,14-,16-/m0/s1. The van der Waals surface area contributed by atoms with Crippen molar-refractivity contribution >= 4 is 23.7 Å². The summed E-state index contributed by atoms with van der Waals surface area (Å²) in [7, 11) is 0. The highest BCUT2D eigenvalue weighted by Gasteiger charge is 2.36. The fourth-order valence-electron chi connectivity index (χ4n) is 2.94. The van der Waals surface area contributed by atoms with Gasteiger partial charge in [-0.2, -0.15) is 5.26 Å². The zero-order chi connectivity index (χ0) is 20.7. The molecule has 0 saturated carbocycles. The van der Waals surface area contributed by atoms with E-state index in [4.69, 9.17) is 5.26 Å². The van der Waals surface area contributed by atoms with Gasteiger partial charge in [-0.25, -0.2) is 4.79 Å². The molecule has 9 heteroatoms. The van der Waals surface area contributed by atoms with Crippen molar-refractivity contribution in [3.8, 4) is 6.07 Å². The molecular weight excluding hydrogens is 364 g/mol. The predicted octanol–water partition coefficient (Wildman–Crippen LogP) is -0.278. The fourth-order valence-corrected chi connectivity index (χ4v) is 2.94. The van der Waals surface area contributed by atoms with E-state index in [9.17, 15) is 24.3 Å². The molecule has 1 aliphatic rings. The normalized spacial score (nSPS) is 20.9. The highest BCUT2D eigenvalue weighted by Crippen LogP contribution is 2.11. The van der Waals surface area contributed by atoms with Crippen molar-refractivity contribution in [2.24, 2.45) is 5.92 Å². The van der Waals surface area contributed by atoms with Crippen LogP contribution in [0.4, 0.5) is 0 Å². The molecule has 0 spiro atoms. The van der Waals surface area contributed by atoms with Crippen molar-refractivity contribution in [2.45, 2.75) is 44.3 Å². The minimum atomic E-state index is -1.27. The van der Waals surface area contributed by atoms with E-state index in [0.717, 1.165) is 5.56 Å². The van der Waals surface area contributed by atoms with E-state index in [1.807, 2.05) is 36.4 Å². The summed E-state index contributed by atoms with van der Waals surface area (Å²) in [6.45, 7) is 1.53. The van der Waals surface area contributed by atoms with Gasteiger partial charge in [0.25, 0.3) is 0 Å². The maximum Gasteiger partial charge on any atom is 0.326 e. The summed E-state index contributed by atoms with van der Waals surface area (Å²) in [5, 5.41) is 25.3. The Kier molecular flexibility index (Phi) is 7.09. The van der Waals surface area contributed by atoms with Crippen molar-refractivity contribution in [1.29, 1.82) is 5.26 Å². The van der Waals surface area contributed by atoms with Crippen LogP contribution in [-0.4, -0.2) is 46.9 Å². The number of nitrogens with one attached hydrogen (secondary N) is 3. The number of hydrogen-bond acceptors (Lipinski definition) is 5. The lowest BCUT2D eigenvalue weighted by atomic mass is 9.98. The van der Waals surface area contributed by atoms with Crippen molar-refractivity contribution in [3.05, 3.63) is 35.9 Å². The number of hydrogen-bond donors (Lipinski definition) is 4. The van der Waals surface area contributed by atoms with Crippen LogP contribution >= 0.6 is 0 Å². The van der Waals surface area contributed by atoms with E-state index in [2.05, 4.69) is 16.0 Å². The molecule has 3 amide bonds. The Morgan fingerprint density at radius 2 is 1.79 bits per heavy atom. The summed E-state index contributed by atoms with van der Waals surface area (Å²) < 4.78 is 0. The molecule has 1 heterocycles. The molecule has 4 N–H and O–H groups in total. The van der Waals surface area contributed by atoms with E-state index in [1.54, 1.807) is 0 Å². The third-order valence-corrected chi connectivity index (χ3v) is 4.50. The van der Waals surface area contributed by atoms with Gasteiger partial charge in [-0.15, -0.1) is 0 Å². The Hall–Kier alpha value is -3.41. The summed E-state index contributed by atoms with van der Waals surface area (Å²) in [5.74, 6) is -3.48. The molecule has 0 radical (unpaired) electrons. The summed E-state index contributed by atoms with van der Waals surface area (Å²) in [5.41, 5.74) is 0.884. The van der Waals surface area contributed by atoms with Crippen LogP contribution in [0.25, 0.3) is 0 Å². The number of carbonyl (C=O) groups is 4. The third-order valence-electron chi connectivity index (χ3n) is 4.50.